The van der Waals surface area contributed by atoms with Gasteiger partial charge in [-0.1, -0.05) is 13.8 Å². The molecular weight excluding hydrogens is 407 g/mol. The lowest BCUT2D eigenvalue weighted by atomic mass is 9.74. The van der Waals surface area contributed by atoms with Gasteiger partial charge in [-0.3, -0.25) is 9.78 Å². The van der Waals surface area contributed by atoms with Crippen LogP contribution in [-0.2, 0) is 28.7 Å². The fourth-order valence-corrected chi connectivity index (χ4v) is 5.51. The third kappa shape index (κ3) is 4.33. The molecule has 0 bridgehead atoms. The predicted molar refractivity (Wildman–Crippen MR) is 110 cm³/mol. The quantitative estimate of drug-likeness (QED) is 0.772. The highest BCUT2D eigenvalue weighted by atomic mass is 19.4. The number of carbonyl (C=O) groups is 1. The van der Waals surface area contributed by atoms with E-state index in [9.17, 15) is 18.0 Å². The highest BCUT2D eigenvalue weighted by molar-refractivity contribution is 5.83. The van der Waals surface area contributed by atoms with Crippen LogP contribution in [0.15, 0.2) is 12.3 Å². The summed E-state index contributed by atoms with van der Waals surface area (Å²) < 4.78 is 45.0. The largest absolute Gasteiger partial charge is 0.417 e. The van der Waals surface area contributed by atoms with E-state index < -0.39 is 17.2 Å². The number of nitrogens with zero attached hydrogens (tertiary/aromatic N) is 2. The third-order valence-electron chi connectivity index (χ3n) is 7.56. The highest BCUT2D eigenvalue weighted by Gasteiger charge is 2.50. The number of rotatable bonds is 4. The van der Waals surface area contributed by atoms with Crippen LogP contribution in [0.5, 0.6) is 0 Å². The summed E-state index contributed by atoms with van der Waals surface area (Å²) in [4.78, 5) is 19.5. The first kappa shape index (κ1) is 22.5. The molecule has 5 nitrogen and oxygen atoms in total. The molecule has 1 saturated carbocycles. The smallest absolute Gasteiger partial charge is 0.377 e. The zero-order chi connectivity index (χ0) is 22.4. The maximum atomic E-state index is 13.7. The molecule has 1 N–H and O–H groups in total. The molecule has 31 heavy (non-hydrogen) atoms. The highest BCUT2D eigenvalue weighted by Crippen LogP contribution is 2.47. The number of nitrogens with one attached hydrogen (secondary N) is 1. The summed E-state index contributed by atoms with van der Waals surface area (Å²) >= 11 is 0. The predicted octanol–water partition coefficient (Wildman–Crippen LogP) is 3.95. The van der Waals surface area contributed by atoms with Crippen LogP contribution in [0.1, 0.15) is 63.3 Å². The summed E-state index contributed by atoms with van der Waals surface area (Å²) in [5, 5.41) is 3.70. The Morgan fingerprint density at radius 2 is 2.13 bits per heavy atom. The second kappa shape index (κ2) is 8.35. The molecule has 2 aliphatic heterocycles. The molecule has 4 rings (SSSR count). The number of hydrogen-bond donors (Lipinski definition) is 1. The van der Waals surface area contributed by atoms with E-state index >= 15 is 0 Å². The first-order valence-electron chi connectivity index (χ1n) is 11.3. The van der Waals surface area contributed by atoms with Crippen molar-refractivity contribution in [1.29, 1.82) is 0 Å². The molecule has 4 unspecified atom stereocenters. The van der Waals surface area contributed by atoms with Gasteiger partial charge in [0.05, 0.1) is 17.1 Å². The molecular formula is C23H32F3N3O2. The van der Waals surface area contributed by atoms with E-state index in [1.165, 1.54) is 0 Å². The van der Waals surface area contributed by atoms with Crippen LogP contribution in [0, 0.1) is 11.3 Å². The number of fused-ring (bicyclic) bond motifs is 1. The van der Waals surface area contributed by atoms with E-state index in [0.29, 0.717) is 30.3 Å². The molecule has 172 valence electrons. The van der Waals surface area contributed by atoms with Crippen LogP contribution in [0.3, 0.4) is 0 Å². The van der Waals surface area contributed by atoms with Gasteiger partial charge in [0.15, 0.2) is 0 Å². The van der Waals surface area contributed by atoms with Gasteiger partial charge in [0.1, 0.15) is 0 Å². The SMILES string of the molecule is CC1OCCC1NC1CCC(C(=O)N2CCc3ncc(C(F)(F)F)cc3C2)(C(C)C)C1. The first-order chi connectivity index (χ1) is 14.6. The number of halogens is 3. The maximum absolute atomic E-state index is 13.7. The number of aromatic nitrogens is 1. The molecule has 4 atom stereocenters. The minimum atomic E-state index is -4.43. The topological polar surface area (TPSA) is 54.5 Å². The second-order valence-electron chi connectivity index (χ2n) is 9.69. The van der Waals surface area contributed by atoms with Gasteiger partial charge in [0, 0.05) is 50.1 Å². The van der Waals surface area contributed by atoms with Crippen molar-refractivity contribution in [3.63, 3.8) is 0 Å². The minimum absolute atomic E-state index is 0.0746. The van der Waals surface area contributed by atoms with Crippen molar-refractivity contribution in [2.45, 2.75) is 83.8 Å². The molecule has 3 aliphatic rings. The Hall–Kier alpha value is -1.67. The van der Waals surface area contributed by atoms with Crippen molar-refractivity contribution in [2.75, 3.05) is 13.2 Å². The lowest BCUT2D eigenvalue weighted by Crippen LogP contribution is -2.49. The van der Waals surface area contributed by atoms with E-state index in [4.69, 9.17) is 4.74 Å². The standard InChI is InChI=1S/C23H32F3N3O2/c1-14(2)22(7-4-18(11-22)28-19-6-9-31-15(19)3)21(30)29-8-5-20-16(13-29)10-17(12-27-20)23(24,25)26/h10,12,14-15,18-19,28H,4-9,11,13H2,1-3H3. The Balaban J connectivity index is 1.49. The third-order valence-corrected chi connectivity index (χ3v) is 7.56. The van der Waals surface area contributed by atoms with Crippen molar-refractivity contribution in [3.05, 3.63) is 29.1 Å². The zero-order valence-electron chi connectivity index (χ0n) is 18.5. The zero-order valence-corrected chi connectivity index (χ0v) is 18.5. The Kier molecular flexibility index (Phi) is 6.07. The maximum Gasteiger partial charge on any atom is 0.417 e. The van der Waals surface area contributed by atoms with Crippen LogP contribution in [0.25, 0.3) is 0 Å². The Bertz CT molecular complexity index is 829. The minimum Gasteiger partial charge on any atom is -0.377 e. The lowest BCUT2D eigenvalue weighted by molar-refractivity contribution is -0.145. The van der Waals surface area contributed by atoms with Gasteiger partial charge < -0.3 is 15.0 Å². The number of ether oxygens (including phenoxy) is 1. The van der Waals surface area contributed by atoms with Crippen molar-refractivity contribution >= 4 is 5.91 Å². The van der Waals surface area contributed by atoms with Gasteiger partial charge in [0.25, 0.3) is 0 Å². The van der Waals surface area contributed by atoms with E-state index in [1.807, 2.05) is 0 Å². The van der Waals surface area contributed by atoms with E-state index in [-0.39, 0.29) is 30.5 Å². The van der Waals surface area contributed by atoms with Gasteiger partial charge in [-0.25, -0.2) is 0 Å². The van der Waals surface area contributed by atoms with Gasteiger partial charge in [-0.15, -0.1) is 0 Å². The fraction of sp³-hybridized carbons (Fsp3) is 0.739. The normalized spacial score (nSPS) is 31.3. The van der Waals surface area contributed by atoms with Crippen LogP contribution in [0.4, 0.5) is 13.2 Å². The molecule has 1 aromatic rings. The van der Waals surface area contributed by atoms with Gasteiger partial charge in [0.2, 0.25) is 5.91 Å². The molecule has 0 spiro atoms. The summed E-state index contributed by atoms with van der Waals surface area (Å²) in [5.74, 6) is 0.232. The molecule has 1 saturated heterocycles. The molecule has 0 aromatic carbocycles. The number of pyridine rings is 1. The number of carbonyl (C=O) groups excluding carboxylic acids is 1. The van der Waals surface area contributed by atoms with Crippen LogP contribution in [0.2, 0.25) is 0 Å². The van der Waals surface area contributed by atoms with E-state index in [0.717, 1.165) is 44.6 Å². The molecule has 1 aliphatic carbocycles. The van der Waals surface area contributed by atoms with Crippen molar-refractivity contribution in [2.24, 2.45) is 11.3 Å². The van der Waals surface area contributed by atoms with Gasteiger partial charge in [-0.05, 0) is 50.2 Å². The number of alkyl halides is 3. The average Bonchev–Trinajstić information content (AvgIpc) is 3.33. The van der Waals surface area contributed by atoms with Crippen molar-refractivity contribution in [1.82, 2.24) is 15.2 Å². The monoisotopic (exact) mass is 439 g/mol. The summed E-state index contributed by atoms with van der Waals surface area (Å²) in [6, 6.07) is 1.73. The molecule has 8 heteroatoms. The van der Waals surface area contributed by atoms with Crippen molar-refractivity contribution in [3.8, 4) is 0 Å². The van der Waals surface area contributed by atoms with Crippen molar-refractivity contribution < 1.29 is 22.7 Å². The van der Waals surface area contributed by atoms with Gasteiger partial charge in [-0.2, -0.15) is 13.2 Å². The molecule has 1 aromatic heterocycles. The van der Waals surface area contributed by atoms with Gasteiger partial charge >= 0.3 is 6.18 Å². The van der Waals surface area contributed by atoms with Crippen LogP contribution in [-0.4, -0.2) is 47.1 Å². The molecule has 3 heterocycles. The first-order valence-corrected chi connectivity index (χ1v) is 11.3. The molecule has 2 fully saturated rings. The molecule has 1 amide bonds. The summed E-state index contributed by atoms with van der Waals surface area (Å²) in [7, 11) is 0. The Labute approximate surface area is 181 Å². The second-order valence-corrected chi connectivity index (χ2v) is 9.69. The summed E-state index contributed by atoms with van der Waals surface area (Å²) in [5.41, 5.74) is -0.0562. The van der Waals surface area contributed by atoms with E-state index in [2.05, 4.69) is 31.1 Å². The Morgan fingerprint density at radius 1 is 1.35 bits per heavy atom. The summed E-state index contributed by atoms with van der Waals surface area (Å²) in [6.45, 7) is 7.72. The summed E-state index contributed by atoms with van der Waals surface area (Å²) in [6.07, 6.45) is 0.607. The lowest BCUT2D eigenvalue weighted by Gasteiger charge is -2.39. The number of amides is 1. The molecule has 0 radical (unpaired) electrons. The van der Waals surface area contributed by atoms with Crippen LogP contribution < -0.4 is 5.32 Å². The van der Waals surface area contributed by atoms with E-state index in [1.54, 1.807) is 4.90 Å². The van der Waals surface area contributed by atoms with Crippen LogP contribution >= 0.6 is 0 Å². The fourth-order valence-electron chi connectivity index (χ4n) is 5.51. The Morgan fingerprint density at radius 3 is 2.77 bits per heavy atom. The average molecular weight is 440 g/mol. The number of hydrogen-bond acceptors (Lipinski definition) is 4.